The van der Waals surface area contributed by atoms with E-state index in [2.05, 4.69) is 38.0 Å². The first-order valence-electron chi connectivity index (χ1n) is 14.1. The summed E-state index contributed by atoms with van der Waals surface area (Å²) in [6.45, 7) is 0.592. The van der Waals surface area contributed by atoms with Crippen LogP contribution in [0.5, 0.6) is 0 Å². The SMILES string of the molecule is O=C1Cc2cc(-c3cnc([C@@H]4[C@H](c5ccccc5)CCCN4C(=O)C=Cc4cc(Cl)ccc4-n4cnnn4)[nH]3)ccc2N1. The highest BCUT2D eigenvalue weighted by Gasteiger charge is 2.37. The van der Waals surface area contributed by atoms with Crippen LogP contribution >= 0.6 is 11.6 Å². The van der Waals surface area contributed by atoms with Crippen LogP contribution in [0.25, 0.3) is 23.0 Å². The quantitative estimate of drug-likeness (QED) is 0.257. The highest BCUT2D eigenvalue weighted by atomic mass is 35.5. The molecule has 2 amide bonds. The van der Waals surface area contributed by atoms with E-state index in [4.69, 9.17) is 16.6 Å². The van der Waals surface area contributed by atoms with Crippen LogP contribution < -0.4 is 5.32 Å². The highest BCUT2D eigenvalue weighted by Crippen LogP contribution is 2.42. The number of anilines is 1. The molecule has 2 aromatic heterocycles. The predicted molar refractivity (Wildman–Crippen MR) is 162 cm³/mol. The Labute approximate surface area is 252 Å². The molecule has 0 saturated carbocycles. The summed E-state index contributed by atoms with van der Waals surface area (Å²) in [6.07, 6.45) is 8.78. The van der Waals surface area contributed by atoms with Crippen LogP contribution in [0.15, 0.2) is 85.3 Å². The number of fused-ring (bicyclic) bond motifs is 1. The van der Waals surface area contributed by atoms with E-state index in [1.54, 1.807) is 30.5 Å². The number of aromatic amines is 1. The molecule has 0 unspecified atom stereocenters. The van der Waals surface area contributed by atoms with Gasteiger partial charge in [-0.1, -0.05) is 48.0 Å². The molecular weight excluding hydrogens is 564 g/mol. The van der Waals surface area contributed by atoms with Gasteiger partial charge >= 0.3 is 0 Å². The third-order valence-electron chi connectivity index (χ3n) is 8.05. The zero-order valence-electron chi connectivity index (χ0n) is 23.0. The zero-order chi connectivity index (χ0) is 29.3. The maximum atomic E-state index is 13.9. The Morgan fingerprint density at radius 2 is 1.95 bits per heavy atom. The second-order valence-electron chi connectivity index (χ2n) is 10.7. The summed E-state index contributed by atoms with van der Waals surface area (Å²) < 4.78 is 1.53. The first-order valence-corrected chi connectivity index (χ1v) is 14.5. The number of nitrogens with one attached hydrogen (secondary N) is 2. The van der Waals surface area contributed by atoms with Crippen LogP contribution in [0.2, 0.25) is 5.02 Å². The molecule has 0 aliphatic carbocycles. The van der Waals surface area contributed by atoms with Gasteiger partial charge in [0.25, 0.3) is 0 Å². The number of rotatable bonds is 6. The van der Waals surface area contributed by atoms with Crippen LogP contribution in [0.4, 0.5) is 5.69 Å². The molecule has 214 valence electrons. The number of tetrazole rings is 1. The summed E-state index contributed by atoms with van der Waals surface area (Å²) in [5, 5.41) is 14.9. The number of aromatic nitrogens is 6. The lowest BCUT2D eigenvalue weighted by atomic mass is 9.83. The van der Waals surface area contributed by atoms with Gasteiger partial charge in [-0.3, -0.25) is 9.59 Å². The van der Waals surface area contributed by atoms with Crippen molar-refractivity contribution in [2.45, 2.75) is 31.2 Å². The lowest BCUT2D eigenvalue weighted by molar-refractivity contribution is -0.130. The van der Waals surface area contributed by atoms with E-state index in [9.17, 15) is 9.59 Å². The number of amides is 2. The summed E-state index contributed by atoms with van der Waals surface area (Å²) in [6, 6.07) is 21.2. The van der Waals surface area contributed by atoms with Crippen molar-refractivity contribution >= 4 is 35.2 Å². The minimum atomic E-state index is -0.307. The van der Waals surface area contributed by atoms with E-state index in [1.165, 1.54) is 11.0 Å². The van der Waals surface area contributed by atoms with Crippen molar-refractivity contribution in [3.8, 4) is 16.9 Å². The van der Waals surface area contributed by atoms with Gasteiger partial charge in [-0.15, -0.1) is 5.10 Å². The summed E-state index contributed by atoms with van der Waals surface area (Å²) >= 11 is 6.30. The van der Waals surface area contributed by atoms with Crippen LogP contribution in [-0.2, 0) is 16.0 Å². The van der Waals surface area contributed by atoms with Gasteiger partial charge in [0, 0.05) is 34.8 Å². The van der Waals surface area contributed by atoms with Gasteiger partial charge in [-0.25, -0.2) is 4.98 Å². The molecule has 7 rings (SSSR count). The number of imidazole rings is 1. The summed E-state index contributed by atoms with van der Waals surface area (Å²) in [5.41, 5.74) is 6.16. The smallest absolute Gasteiger partial charge is 0.247 e. The minimum absolute atomic E-state index is 0.00424. The first kappa shape index (κ1) is 26.8. The van der Waals surface area contributed by atoms with Crippen LogP contribution in [0.1, 0.15) is 47.3 Å². The van der Waals surface area contributed by atoms with Crippen molar-refractivity contribution in [3.63, 3.8) is 0 Å². The molecule has 5 aromatic rings. The molecule has 0 bridgehead atoms. The molecular formula is C32H27ClN8O2. The number of benzene rings is 3. The Hall–Kier alpha value is -5.09. The van der Waals surface area contributed by atoms with E-state index < -0.39 is 0 Å². The van der Waals surface area contributed by atoms with Gasteiger partial charge in [0.05, 0.1) is 30.0 Å². The molecule has 2 N–H and O–H groups in total. The van der Waals surface area contributed by atoms with Crippen molar-refractivity contribution in [2.75, 3.05) is 11.9 Å². The van der Waals surface area contributed by atoms with Gasteiger partial charge in [-0.05, 0) is 76.4 Å². The molecule has 2 aliphatic rings. The second-order valence-corrected chi connectivity index (χ2v) is 11.1. The van der Waals surface area contributed by atoms with Gasteiger partial charge in [0.1, 0.15) is 12.2 Å². The molecule has 2 aliphatic heterocycles. The molecule has 2 atom stereocenters. The Balaban J connectivity index is 1.23. The lowest BCUT2D eigenvalue weighted by Gasteiger charge is -2.40. The van der Waals surface area contributed by atoms with Crippen LogP contribution in [0, 0.1) is 0 Å². The number of carbonyl (C=O) groups is 2. The van der Waals surface area contributed by atoms with Gasteiger partial charge in [-0.2, -0.15) is 4.68 Å². The van der Waals surface area contributed by atoms with E-state index in [0.29, 0.717) is 29.2 Å². The molecule has 0 spiro atoms. The number of halogens is 1. The van der Waals surface area contributed by atoms with Crippen molar-refractivity contribution < 1.29 is 9.59 Å². The van der Waals surface area contributed by atoms with E-state index >= 15 is 0 Å². The van der Waals surface area contributed by atoms with E-state index in [1.807, 2.05) is 47.4 Å². The number of carbonyl (C=O) groups excluding carboxylic acids is 2. The average Bonchev–Trinajstić information content (AvgIpc) is 3.81. The van der Waals surface area contributed by atoms with Crippen molar-refractivity contribution in [1.82, 2.24) is 35.1 Å². The maximum Gasteiger partial charge on any atom is 0.247 e. The second kappa shape index (κ2) is 11.3. The fraction of sp³-hybridized carbons (Fsp3) is 0.188. The monoisotopic (exact) mass is 590 g/mol. The minimum Gasteiger partial charge on any atom is -0.340 e. The van der Waals surface area contributed by atoms with Gasteiger partial charge in [0.15, 0.2) is 0 Å². The number of piperidine rings is 1. The molecule has 43 heavy (non-hydrogen) atoms. The summed E-state index contributed by atoms with van der Waals surface area (Å²) in [7, 11) is 0. The number of likely N-dealkylation sites (tertiary alicyclic amines) is 1. The first-order chi connectivity index (χ1) is 21.0. The molecule has 1 fully saturated rings. The molecule has 3 aromatic carbocycles. The largest absolute Gasteiger partial charge is 0.340 e. The maximum absolute atomic E-state index is 13.9. The summed E-state index contributed by atoms with van der Waals surface area (Å²) in [4.78, 5) is 36.0. The molecule has 10 nitrogen and oxygen atoms in total. The van der Waals surface area contributed by atoms with Gasteiger partial charge in [0.2, 0.25) is 11.8 Å². The fourth-order valence-corrected chi connectivity index (χ4v) is 6.24. The molecule has 11 heteroatoms. The topological polar surface area (TPSA) is 122 Å². The van der Waals surface area contributed by atoms with Crippen molar-refractivity contribution in [1.29, 1.82) is 0 Å². The van der Waals surface area contributed by atoms with E-state index in [-0.39, 0.29) is 23.8 Å². The number of hydrogen-bond acceptors (Lipinski definition) is 6. The Morgan fingerprint density at radius 1 is 1.07 bits per heavy atom. The third-order valence-corrected chi connectivity index (χ3v) is 8.28. The van der Waals surface area contributed by atoms with E-state index in [0.717, 1.165) is 46.7 Å². The zero-order valence-corrected chi connectivity index (χ0v) is 23.8. The van der Waals surface area contributed by atoms with Gasteiger partial charge < -0.3 is 15.2 Å². The van der Waals surface area contributed by atoms with Crippen LogP contribution in [0.3, 0.4) is 0 Å². The number of hydrogen-bond donors (Lipinski definition) is 2. The predicted octanol–water partition coefficient (Wildman–Crippen LogP) is 5.36. The summed E-state index contributed by atoms with van der Waals surface area (Å²) in [5.74, 6) is 0.636. The van der Waals surface area contributed by atoms with Crippen molar-refractivity contribution in [3.05, 3.63) is 113 Å². The number of H-pyrrole nitrogens is 1. The molecule has 4 heterocycles. The normalized spacial score (nSPS) is 18.2. The Bertz CT molecular complexity index is 1830. The van der Waals surface area contributed by atoms with Crippen LogP contribution in [-0.4, -0.2) is 53.4 Å². The van der Waals surface area contributed by atoms with Crippen molar-refractivity contribution in [2.24, 2.45) is 0 Å². The lowest BCUT2D eigenvalue weighted by Crippen LogP contribution is -2.41. The number of nitrogens with zero attached hydrogens (tertiary/aromatic N) is 6. The molecule has 0 radical (unpaired) electrons. The Kier molecular flexibility index (Phi) is 7.04. The fourth-order valence-electron chi connectivity index (χ4n) is 6.06. The average molecular weight is 591 g/mol. The molecule has 1 saturated heterocycles. The third kappa shape index (κ3) is 5.32. The Morgan fingerprint density at radius 3 is 2.79 bits per heavy atom. The highest BCUT2D eigenvalue weighted by molar-refractivity contribution is 6.30. The standard InChI is InChI=1S/C32H27ClN8O2/c33-24-10-12-28(41-19-35-38-39-41)22(16-24)9-13-30(43)40-14-4-7-25(20-5-2-1-3-6-20)31(40)32-34-18-27(37-32)21-8-11-26-23(15-21)17-29(42)36-26/h1-3,5-6,8-13,15-16,18-19,25,31H,4,7,14,17H2,(H,34,37)(H,36,42)/t25-,31-/m0/s1.